The molecule has 1 unspecified atom stereocenters. The maximum atomic E-state index is 12.6. The number of nitrogens with two attached hydrogens (primary N) is 1. The molecular formula is C16H14BrF2N3O3. The molecule has 6 nitrogen and oxygen atoms in total. The Morgan fingerprint density at radius 1 is 1.32 bits per heavy atom. The third kappa shape index (κ3) is 2.86. The molecule has 9 heteroatoms. The summed E-state index contributed by atoms with van der Waals surface area (Å²) in [6, 6.07) is 6.92. The molecular weight excluding hydrogens is 400 g/mol. The van der Waals surface area contributed by atoms with Gasteiger partial charge in [0, 0.05) is 34.8 Å². The van der Waals surface area contributed by atoms with Gasteiger partial charge in [0.15, 0.2) is 5.75 Å². The van der Waals surface area contributed by atoms with Crippen LogP contribution in [0.2, 0.25) is 0 Å². The van der Waals surface area contributed by atoms with Gasteiger partial charge in [0.25, 0.3) is 0 Å². The first-order valence-corrected chi connectivity index (χ1v) is 8.34. The minimum atomic E-state index is -2.97. The van der Waals surface area contributed by atoms with E-state index in [0.29, 0.717) is 30.2 Å². The molecule has 2 aliphatic rings. The molecule has 1 aromatic carbocycles. The Labute approximate surface area is 150 Å². The number of hydrogen-bond donors (Lipinski definition) is 2. The number of aromatic nitrogens is 1. The lowest BCUT2D eigenvalue weighted by molar-refractivity contribution is -0.0978. The van der Waals surface area contributed by atoms with Crippen LogP contribution in [0.1, 0.15) is 11.1 Å². The van der Waals surface area contributed by atoms with Crippen molar-refractivity contribution in [2.75, 3.05) is 13.1 Å². The van der Waals surface area contributed by atoms with E-state index in [1.54, 1.807) is 6.07 Å². The molecule has 2 atom stereocenters. The maximum absolute atomic E-state index is 12.6. The number of halogens is 3. The molecule has 0 radical (unpaired) electrons. The highest BCUT2D eigenvalue weighted by atomic mass is 79.9. The zero-order valence-electron chi connectivity index (χ0n) is 12.8. The van der Waals surface area contributed by atoms with Crippen molar-refractivity contribution in [1.82, 2.24) is 10.3 Å². The lowest BCUT2D eigenvalue weighted by Gasteiger charge is -2.44. The number of rotatable bonds is 2. The summed E-state index contributed by atoms with van der Waals surface area (Å²) < 4.78 is 42.4. The first-order valence-electron chi connectivity index (χ1n) is 7.55. The normalized spacial score (nSPS) is 24.6. The Morgan fingerprint density at radius 2 is 2.12 bits per heavy atom. The van der Waals surface area contributed by atoms with Gasteiger partial charge in [-0.2, -0.15) is 8.78 Å². The van der Waals surface area contributed by atoms with E-state index in [9.17, 15) is 8.78 Å². The lowest BCUT2D eigenvalue weighted by Crippen LogP contribution is -2.56. The Kier molecular flexibility index (Phi) is 4.11. The van der Waals surface area contributed by atoms with Crippen LogP contribution >= 0.6 is 15.9 Å². The predicted octanol–water partition coefficient (Wildman–Crippen LogP) is 2.70. The summed E-state index contributed by atoms with van der Waals surface area (Å²) in [5.41, 5.74) is 6.29. The standard InChI is InChI=1S/C16H14BrF2N3O3/c17-8-1-2-11-9(3-8)16(7-21-6-13(20)25-16)10-4-14(24-15(18)19)22-5-12(10)23-11/h1-5,13,15,21H,6-7,20H2/t13-,16?/m0/s1. The summed E-state index contributed by atoms with van der Waals surface area (Å²) in [6.45, 7) is -2.09. The minimum Gasteiger partial charge on any atom is -0.455 e. The average Bonchev–Trinajstić information content (AvgIpc) is 2.56. The molecule has 1 spiro atoms. The van der Waals surface area contributed by atoms with Crippen LogP contribution < -0.4 is 20.5 Å². The molecule has 0 saturated carbocycles. The maximum Gasteiger partial charge on any atom is 0.388 e. The number of benzene rings is 1. The van der Waals surface area contributed by atoms with Gasteiger partial charge in [-0.15, -0.1) is 0 Å². The molecule has 0 aliphatic carbocycles. The average molecular weight is 414 g/mol. The van der Waals surface area contributed by atoms with Gasteiger partial charge in [-0.25, -0.2) is 4.98 Å². The van der Waals surface area contributed by atoms with Crippen LogP contribution in [0.4, 0.5) is 8.78 Å². The largest absolute Gasteiger partial charge is 0.455 e. The molecule has 2 aromatic rings. The topological polar surface area (TPSA) is 78.6 Å². The molecule has 1 fully saturated rings. The van der Waals surface area contributed by atoms with Crippen LogP contribution in [0.15, 0.2) is 34.9 Å². The van der Waals surface area contributed by atoms with Gasteiger partial charge in [-0.1, -0.05) is 15.9 Å². The molecule has 3 N–H and O–H groups in total. The van der Waals surface area contributed by atoms with Crippen molar-refractivity contribution in [2.45, 2.75) is 18.4 Å². The second-order valence-corrected chi connectivity index (χ2v) is 6.67. The fourth-order valence-corrected chi connectivity index (χ4v) is 3.56. The van der Waals surface area contributed by atoms with Gasteiger partial charge in [-0.05, 0) is 18.2 Å². The van der Waals surface area contributed by atoms with Crippen molar-refractivity contribution in [3.05, 3.63) is 46.1 Å². The number of nitrogens with one attached hydrogen (secondary N) is 1. The van der Waals surface area contributed by atoms with E-state index in [0.717, 1.165) is 10.0 Å². The van der Waals surface area contributed by atoms with Gasteiger partial charge < -0.3 is 25.3 Å². The Morgan fingerprint density at radius 3 is 2.88 bits per heavy atom. The first kappa shape index (κ1) is 16.6. The monoisotopic (exact) mass is 413 g/mol. The van der Waals surface area contributed by atoms with Gasteiger partial charge in [0.2, 0.25) is 5.88 Å². The van der Waals surface area contributed by atoms with Gasteiger partial charge in [0.05, 0.1) is 6.20 Å². The van der Waals surface area contributed by atoms with Crippen LogP contribution in [0.3, 0.4) is 0 Å². The van der Waals surface area contributed by atoms with Crippen LogP contribution in [0.5, 0.6) is 17.4 Å². The van der Waals surface area contributed by atoms with Gasteiger partial charge in [0.1, 0.15) is 17.6 Å². The molecule has 25 heavy (non-hydrogen) atoms. The zero-order chi connectivity index (χ0) is 17.6. The third-order valence-corrected chi connectivity index (χ3v) is 4.65. The quantitative estimate of drug-likeness (QED) is 0.787. The number of hydrogen-bond acceptors (Lipinski definition) is 6. The van der Waals surface area contributed by atoms with E-state index in [4.69, 9.17) is 15.2 Å². The number of ether oxygens (including phenoxy) is 3. The molecule has 0 amide bonds. The number of nitrogens with zero attached hydrogens (tertiary/aromatic N) is 1. The summed E-state index contributed by atoms with van der Waals surface area (Å²) in [6.07, 6.45) is 0.780. The third-order valence-electron chi connectivity index (χ3n) is 4.16. The SMILES string of the molecule is N[C@@H]1CNCC2(O1)c1cc(Br)ccc1Oc1cnc(OC(F)F)cc12. The number of morpholine rings is 1. The smallest absolute Gasteiger partial charge is 0.388 e. The summed E-state index contributed by atoms with van der Waals surface area (Å²) in [5, 5.41) is 3.23. The molecule has 2 aliphatic heterocycles. The second-order valence-electron chi connectivity index (χ2n) is 5.75. The van der Waals surface area contributed by atoms with E-state index in [1.165, 1.54) is 12.3 Å². The summed E-state index contributed by atoms with van der Waals surface area (Å²) >= 11 is 3.44. The Hall–Kier alpha value is -1.81. The predicted molar refractivity (Wildman–Crippen MR) is 87.8 cm³/mol. The molecule has 0 bridgehead atoms. The van der Waals surface area contributed by atoms with Crippen molar-refractivity contribution in [1.29, 1.82) is 0 Å². The van der Waals surface area contributed by atoms with Crippen molar-refractivity contribution in [3.8, 4) is 17.4 Å². The van der Waals surface area contributed by atoms with E-state index < -0.39 is 18.4 Å². The van der Waals surface area contributed by atoms with E-state index in [-0.39, 0.29) is 5.88 Å². The number of alkyl halides is 2. The zero-order valence-corrected chi connectivity index (χ0v) is 14.4. The number of fused-ring (bicyclic) bond motifs is 4. The van der Waals surface area contributed by atoms with Crippen molar-refractivity contribution in [3.63, 3.8) is 0 Å². The number of pyridine rings is 1. The van der Waals surface area contributed by atoms with Gasteiger partial charge in [-0.3, -0.25) is 0 Å². The minimum absolute atomic E-state index is 0.210. The van der Waals surface area contributed by atoms with Crippen molar-refractivity contribution >= 4 is 15.9 Å². The van der Waals surface area contributed by atoms with Crippen molar-refractivity contribution in [2.24, 2.45) is 5.73 Å². The summed E-state index contributed by atoms with van der Waals surface area (Å²) in [7, 11) is 0. The lowest BCUT2D eigenvalue weighted by atomic mass is 9.82. The van der Waals surface area contributed by atoms with Crippen molar-refractivity contribution < 1.29 is 23.0 Å². The van der Waals surface area contributed by atoms with E-state index >= 15 is 0 Å². The van der Waals surface area contributed by atoms with Crippen LogP contribution in [-0.2, 0) is 10.3 Å². The van der Waals surface area contributed by atoms with E-state index in [2.05, 4.69) is 31.0 Å². The highest BCUT2D eigenvalue weighted by molar-refractivity contribution is 9.10. The summed E-state index contributed by atoms with van der Waals surface area (Å²) in [4.78, 5) is 3.88. The van der Waals surface area contributed by atoms with Crippen LogP contribution in [0.25, 0.3) is 0 Å². The highest BCUT2D eigenvalue weighted by Crippen LogP contribution is 2.50. The molecule has 1 saturated heterocycles. The van der Waals surface area contributed by atoms with E-state index in [1.807, 2.05) is 12.1 Å². The van der Waals surface area contributed by atoms with Crippen LogP contribution in [0, 0.1) is 0 Å². The molecule has 132 valence electrons. The molecule has 1 aromatic heterocycles. The highest BCUT2D eigenvalue weighted by Gasteiger charge is 2.47. The Balaban J connectivity index is 1.90. The fraction of sp³-hybridized carbons (Fsp3) is 0.312. The second kappa shape index (κ2) is 6.17. The Bertz CT molecular complexity index is 823. The van der Waals surface area contributed by atoms with Gasteiger partial charge >= 0.3 is 6.61 Å². The molecule has 3 heterocycles. The van der Waals surface area contributed by atoms with Crippen LogP contribution in [-0.4, -0.2) is 30.9 Å². The first-order chi connectivity index (χ1) is 12.0. The molecule has 4 rings (SSSR count). The summed E-state index contributed by atoms with van der Waals surface area (Å²) in [5.74, 6) is 0.793. The fourth-order valence-electron chi connectivity index (χ4n) is 3.20.